The highest BCUT2D eigenvalue weighted by Crippen LogP contribution is 2.33. The number of carbonyl (C=O) groups is 1. The number of H-pyrrole nitrogens is 1. The highest BCUT2D eigenvalue weighted by Gasteiger charge is 2.35. The molecule has 6 nitrogen and oxygen atoms in total. The van der Waals surface area contributed by atoms with Crippen molar-refractivity contribution in [2.75, 3.05) is 13.2 Å². The molecule has 26 heavy (non-hydrogen) atoms. The molecule has 0 radical (unpaired) electrons. The molecule has 1 amide bonds. The maximum absolute atomic E-state index is 12.5. The number of nitrogens with zero attached hydrogens (tertiary/aromatic N) is 1. The summed E-state index contributed by atoms with van der Waals surface area (Å²) in [5.74, 6) is 0.660. The number of rotatable bonds is 4. The monoisotopic (exact) mass is 375 g/mol. The van der Waals surface area contributed by atoms with Gasteiger partial charge >= 0.3 is 0 Å². The van der Waals surface area contributed by atoms with Gasteiger partial charge in [0.2, 0.25) is 5.89 Å². The van der Waals surface area contributed by atoms with E-state index in [2.05, 4.69) is 36.3 Å². The van der Waals surface area contributed by atoms with Crippen LogP contribution in [-0.2, 0) is 4.74 Å². The van der Waals surface area contributed by atoms with Crippen molar-refractivity contribution < 1.29 is 13.9 Å². The minimum absolute atomic E-state index is 0.0636. The van der Waals surface area contributed by atoms with Gasteiger partial charge in [-0.25, -0.2) is 5.10 Å². The van der Waals surface area contributed by atoms with Crippen LogP contribution in [0.25, 0.3) is 11.5 Å². The Morgan fingerprint density at radius 3 is 2.69 bits per heavy atom. The van der Waals surface area contributed by atoms with Crippen molar-refractivity contribution in [1.29, 1.82) is 0 Å². The van der Waals surface area contributed by atoms with Crippen LogP contribution in [0, 0.1) is 16.2 Å². The van der Waals surface area contributed by atoms with E-state index in [9.17, 15) is 4.79 Å². The number of amides is 1. The predicted molar refractivity (Wildman–Crippen MR) is 101 cm³/mol. The Balaban J connectivity index is 1.62. The molecule has 1 fully saturated rings. The van der Waals surface area contributed by atoms with Crippen molar-refractivity contribution in [3.8, 4) is 11.5 Å². The van der Waals surface area contributed by atoms with Crippen molar-refractivity contribution in [2.24, 2.45) is 11.3 Å². The molecule has 2 heterocycles. The van der Waals surface area contributed by atoms with Crippen LogP contribution in [0.15, 0.2) is 28.7 Å². The van der Waals surface area contributed by atoms with Gasteiger partial charge in [-0.05, 0) is 54.7 Å². The minimum atomic E-state index is -0.0855. The number of aromatic nitrogens is 2. The van der Waals surface area contributed by atoms with Crippen LogP contribution in [0.2, 0.25) is 0 Å². The molecule has 1 saturated heterocycles. The molecule has 0 saturated carbocycles. The lowest BCUT2D eigenvalue weighted by atomic mass is 9.78. The Kier molecular flexibility index (Phi) is 5.58. The van der Waals surface area contributed by atoms with Crippen LogP contribution in [0.4, 0.5) is 0 Å². The summed E-state index contributed by atoms with van der Waals surface area (Å²) in [5.41, 5.74) is 1.43. The van der Waals surface area contributed by atoms with E-state index in [0.29, 0.717) is 23.9 Å². The van der Waals surface area contributed by atoms with Crippen molar-refractivity contribution >= 4 is 18.1 Å². The molecule has 7 heteroatoms. The smallest absolute Gasteiger partial charge is 0.284 e. The summed E-state index contributed by atoms with van der Waals surface area (Å²) in [7, 11) is 0. The Labute approximate surface area is 158 Å². The van der Waals surface area contributed by atoms with Gasteiger partial charge in [0.1, 0.15) is 0 Å². The van der Waals surface area contributed by atoms with Crippen LogP contribution in [0.1, 0.15) is 44.0 Å². The zero-order chi connectivity index (χ0) is 18.7. The van der Waals surface area contributed by atoms with Gasteiger partial charge in [-0.2, -0.15) is 0 Å². The topological polar surface area (TPSA) is 80.1 Å². The van der Waals surface area contributed by atoms with Crippen LogP contribution in [-0.4, -0.2) is 35.4 Å². The maximum atomic E-state index is 12.5. The zero-order valence-corrected chi connectivity index (χ0v) is 16.2. The predicted octanol–water partition coefficient (Wildman–Crippen LogP) is 3.97. The summed E-state index contributed by atoms with van der Waals surface area (Å²) in [6.45, 7) is 7.98. The average molecular weight is 375 g/mol. The maximum Gasteiger partial charge on any atom is 0.284 e. The van der Waals surface area contributed by atoms with E-state index in [1.54, 1.807) is 24.3 Å². The number of aromatic amines is 1. The van der Waals surface area contributed by atoms with Crippen molar-refractivity contribution in [1.82, 2.24) is 15.5 Å². The molecule has 2 aromatic rings. The largest absolute Gasteiger partial charge is 0.409 e. The van der Waals surface area contributed by atoms with Crippen LogP contribution in [0.5, 0.6) is 0 Å². The van der Waals surface area contributed by atoms with Crippen LogP contribution in [0.3, 0.4) is 0 Å². The molecule has 2 N–H and O–H groups in total. The zero-order valence-electron chi connectivity index (χ0n) is 15.4. The number of ether oxygens (including phenoxy) is 1. The van der Waals surface area contributed by atoms with E-state index in [4.69, 9.17) is 21.4 Å². The van der Waals surface area contributed by atoms with Crippen LogP contribution >= 0.6 is 12.2 Å². The number of carbonyl (C=O) groups excluding carboxylic acids is 1. The molecule has 1 aliphatic heterocycles. The molecule has 2 atom stereocenters. The third-order valence-electron chi connectivity index (χ3n) is 4.66. The lowest BCUT2D eigenvalue weighted by Gasteiger charge is -2.40. The fourth-order valence-electron chi connectivity index (χ4n) is 3.45. The summed E-state index contributed by atoms with van der Waals surface area (Å²) in [4.78, 5) is 12.7. The Morgan fingerprint density at radius 1 is 1.35 bits per heavy atom. The normalized spacial score (nSPS) is 20.7. The molecule has 1 aliphatic rings. The second-order valence-corrected chi connectivity index (χ2v) is 8.14. The molecular formula is C19H25N3O3S. The Morgan fingerprint density at radius 2 is 2.08 bits per heavy atom. The third-order valence-corrected chi connectivity index (χ3v) is 4.83. The molecule has 1 aromatic carbocycles. The summed E-state index contributed by atoms with van der Waals surface area (Å²) in [5, 5.41) is 9.62. The lowest BCUT2D eigenvalue weighted by molar-refractivity contribution is -0.0839. The van der Waals surface area contributed by atoms with E-state index in [1.807, 2.05) is 0 Å². The number of hydrogen-bond acceptors (Lipinski definition) is 5. The van der Waals surface area contributed by atoms with Crippen molar-refractivity contribution in [3.05, 3.63) is 34.7 Å². The number of nitrogens with one attached hydrogen (secondary N) is 2. The van der Waals surface area contributed by atoms with Gasteiger partial charge in [0.15, 0.2) is 0 Å². The first-order valence-corrected chi connectivity index (χ1v) is 9.31. The second kappa shape index (κ2) is 7.72. The molecule has 0 spiro atoms. The first-order chi connectivity index (χ1) is 12.3. The van der Waals surface area contributed by atoms with E-state index >= 15 is 0 Å². The van der Waals surface area contributed by atoms with Gasteiger partial charge in [-0.15, -0.1) is 5.10 Å². The van der Waals surface area contributed by atoms with E-state index in [0.717, 1.165) is 25.0 Å². The van der Waals surface area contributed by atoms with Gasteiger partial charge in [-0.1, -0.05) is 20.8 Å². The molecule has 1 aromatic heterocycles. The summed E-state index contributed by atoms with van der Waals surface area (Å²) < 4.78 is 11.3. The second-order valence-electron chi connectivity index (χ2n) is 7.77. The molecular weight excluding hydrogens is 350 g/mol. The quantitative estimate of drug-likeness (QED) is 0.791. The summed E-state index contributed by atoms with van der Waals surface area (Å²) >= 11 is 4.87. The Bertz CT molecular complexity index is 804. The first kappa shape index (κ1) is 18.8. The highest BCUT2D eigenvalue weighted by molar-refractivity contribution is 7.71. The standard InChI is InChI=1S/C19H25N3O3S/c1-19(2,3)15-14(5-4-10-24-15)11-20-16(23)12-6-8-13(9-7-12)17-21-22-18(26)25-17/h6-9,14-15H,4-5,10-11H2,1-3H3,(H,20,23)(H,22,26). The lowest BCUT2D eigenvalue weighted by Crippen LogP contribution is -2.45. The van der Waals surface area contributed by atoms with Crippen molar-refractivity contribution in [3.63, 3.8) is 0 Å². The highest BCUT2D eigenvalue weighted by atomic mass is 32.1. The van der Waals surface area contributed by atoms with E-state index in [-0.39, 0.29) is 22.3 Å². The fourth-order valence-corrected chi connectivity index (χ4v) is 3.58. The fraction of sp³-hybridized carbons (Fsp3) is 0.526. The average Bonchev–Trinajstić information content (AvgIpc) is 3.06. The number of hydrogen-bond donors (Lipinski definition) is 2. The van der Waals surface area contributed by atoms with E-state index < -0.39 is 0 Å². The Hall–Kier alpha value is -1.99. The van der Waals surface area contributed by atoms with Gasteiger partial charge in [0.05, 0.1) is 6.10 Å². The molecule has 140 valence electrons. The number of benzene rings is 1. The van der Waals surface area contributed by atoms with E-state index in [1.165, 1.54) is 0 Å². The summed E-state index contributed by atoms with van der Waals surface area (Å²) in [6.07, 6.45) is 2.28. The van der Waals surface area contributed by atoms with Crippen LogP contribution < -0.4 is 5.32 Å². The van der Waals surface area contributed by atoms with Gasteiger partial charge < -0.3 is 14.5 Å². The third kappa shape index (κ3) is 4.40. The van der Waals surface area contributed by atoms with Gasteiger partial charge in [-0.3, -0.25) is 4.79 Å². The molecule has 0 bridgehead atoms. The van der Waals surface area contributed by atoms with Gasteiger partial charge in [0, 0.05) is 30.2 Å². The SMILES string of the molecule is CC(C)(C)C1OCCCC1CNC(=O)c1ccc(-c2n[nH]c(=S)o2)cc1. The minimum Gasteiger partial charge on any atom is -0.409 e. The molecule has 3 rings (SSSR count). The molecule has 2 unspecified atom stereocenters. The van der Waals surface area contributed by atoms with Crippen molar-refractivity contribution in [2.45, 2.75) is 39.7 Å². The first-order valence-electron chi connectivity index (χ1n) is 8.90. The summed E-state index contributed by atoms with van der Waals surface area (Å²) in [6, 6.07) is 7.11. The van der Waals surface area contributed by atoms with Gasteiger partial charge in [0.25, 0.3) is 10.7 Å². The molecule has 0 aliphatic carbocycles.